The Morgan fingerprint density at radius 2 is 1.73 bits per heavy atom. The molecule has 0 heterocycles. The molecule has 0 radical (unpaired) electrons. The Kier molecular flexibility index (Phi) is 7.85. The van der Waals surface area contributed by atoms with Gasteiger partial charge in [0.25, 0.3) is 0 Å². The number of carboxylic acids is 1. The first-order chi connectivity index (χ1) is 10.4. The van der Waals surface area contributed by atoms with Gasteiger partial charge in [0.1, 0.15) is 11.6 Å². The Labute approximate surface area is 131 Å². The standard InChI is InChI=1S/C17H26O5/c1-12(18)6-7-13-8-11-16(20)15(13)10-9-14(19)4-2-3-5-17(21)22/h13,15,18H,1-11H2,(H,21,22)/t13-,15?/m0/s1. The van der Waals surface area contributed by atoms with Gasteiger partial charge in [-0.15, -0.1) is 0 Å². The van der Waals surface area contributed by atoms with Crippen LogP contribution in [0.15, 0.2) is 12.3 Å². The first-order valence-corrected chi connectivity index (χ1v) is 8.03. The number of Topliss-reactive ketones (excluding diaryl/α,β-unsaturated/α-hetero) is 2. The summed E-state index contributed by atoms with van der Waals surface area (Å²) in [6.07, 6.45) is 5.24. The maximum absolute atomic E-state index is 11.9. The lowest BCUT2D eigenvalue weighted by Gasteiger charge is -2.17. The second-order valence-corrected chi connectivity index (χ2v) is 6.15. The highest BCUT2D eigenvalue weighted by molar-refractivity contribution is 5.84. The van der Waals surface area contributed by atoms with Gasteiger partial charge in [0.2, 0.25) is 0 Å². The van der Waals surface area contributed by atoms with Crippen LogP contribution in [0, 0.1) is 11.8 Å². The Hall–Kier alpha value is -1.65. The molecule has 0 aliphatic heterocycles. The molecule has 1 aliphatic carbocycles. The molecule has 0 amide bonds. The molecule has 0 spiro atoms. The van der Waals surface area contributed by atoms with Crippen LogP contribution in [-0.2, 0) is 14.4 Å². The molecular weight excluding hydrogens is 284 g/mol. The number of carbonyl (C=O) groups excluding carboxylic acids is 2. The molecule has 0 aromatic heterocycles. The lowest BCUT2D eigenvalue weighted by Crippen LogP contribution is -2.16. The summed E-state index contributed by atoms with van der Waals surface area (Å²) in [6.45, 7) is 3.46. The van der Waals surface area contributed by atoms with Gasteiger partial charge in [0, 0.05) is 38.0 Å². The average Bonchev–Trinajstić information content (AvgIpc) is 2.79. The number of allylic oxidation sites excluding steroid dienone is 1. The summed E-state index contributed by atoms with van der Waals surface area (Å²) in [5.74, 6) is -0.175. The molecule has 5 heteroatoms. The fraction of sp³-hybridized carbons (Fsp3) is 0.706. The van der Waals surface area contributed by atoms with Gasteiger partial charge in [-0.3, -0.25) is 14.4 Å². The maximum atomic E-state index is 11.9. The number of carboxylic acid groups (broad SMARTS) is 1. The SMILES string of the molecule is C=C(O)CC[C@H]1CCC(=O)C1CCC(=O)CCCCC(=O)O. The highest BCUT2D eigenvalue weighted by Gasteiger charge is 2.34. The number of ketones is 2. The van der Waals surface area contributed by atoms with E-state index in [4.69, 9.17) is 10.2 Å². The molecule has 0 aromatic rings. The highest BCUT2D eigenvalue weighted by Crippen LogP contribution is 2.36. The van der Waals surface area contributed by atoms with Crippen molar-refractivity contribution < 1.29 is 24.6 Å². The third-order valence-electron chi connectivity index (χ3n) is 4.38. The minimum Gasteiger partial charge on any atom is -0.513 e. The molecular formula is C17H26O5. The minimum absolute atomic E-state index is 0.0673. The van der Waals surface area contributed by atoms with E-state index < -0.39 is 5.97 Å². The number of hydrogen-bond acceptors (Lipinski definition) is 4. The van der Waals surface area contributed by atoms with E-state index in [0.717, 1.165) is 12.8 Å². The Balaban J connectivity index is 2.28. The van der Waals surface area contributed by atoms with Crippen LogP contribution >= 0.6 is 0 Å². The van der Waals surface area contributed by atoms with Gasteiger partial charge in [-0.1, -0.05) is 6.58 Å². The first-order valence-electron chi connectivity index (χ1n) is 8.03. The van der Waals surface area contributed by atoms with Crippen molar-refractivity contribution in [2.75, 3.05) is 0 Å². The number of aliphatic carboxylic acids is 1. The van der Waals surface area contributed by atoms with Gasteiger partial charge >= 0.3 is 5.97 Å². The zero-order valence-electron chi connectivity index (χ0n) is 13.1. The molecule has 2 atom stereocenters. The quantitative estimate of drug-likeness (QED) is 0.450. The van der Waals surface area contributed by atoms with Crippen LogP contribution < -0.4 is 0 Å². The van der Waals surface area contributed by atoms with Gasteiger partial charge < -0.3 is 10.2 Å². The highest BCUT2D eigenvalue weighted by atomic mass is 16.4. The molecule has 1 aliphatic rings. The lowest BCUT2D eigenvalue weighted by atomic mass is 9.86. The Morgan fingerprint density at radius 1 is 1.05 bits per heavy atom. The maximum Gasteiger partial charge on any atom is 0.303 e. The van der Waals surface area contributed by atoms with Crippen LogP contribution in [0.2, 0.25) is 0 Å². The van der Waals surface area contributed by atoms with Crippen LogP contribution in [0.5, 0.6) is 0 Å². The fourth-order valence-electron chi connectivity index (χ4n) is 3.11. The molecule has 124 valence electrons. The molecule has 5 nitrogen and oxygen atoms in total. The number of aliphatic hydroxyl groups is 1. The van der Waals surface area contributed by atoms with Gasteiger partial charge in [-0.25, -0.2) is 0 Å². The summed E-state index contributed by atoms with van der Waals surface area (Å²) in [7, 11) is 0. The van der Waals surface area contributed by atoms with E-state index in [1.165, 1.54) is 0 Å². The van der Waals surface area contributed by atoms with Crippen LogP contribution in [0.1, 0.15) is 64.2 Å². The van der Waals surface area contributed by atoms with Gasteiger partial charge in [-0.05, 0) is 38.0 Å². The molecule has 1 unspecified atom stereocenters. The van der Waals surface area contributed by atoms with Crippen molar-refractivity contribution in [3.63, 3.8) is 0 Å². The average molecular weight is 310 g/mol. The van der Waals surface area contributed by atoms with E-state index in [-0.39, 0.29) is 35.6 Å². The van der Waals surface area contributed by atoms with E-state index in [2.05, 4.69) is 6.58 Å². The molecule has 1 rings (SSSR count). The Bertz CT molecular complexity index is 427. The summed E-state index contributed by atoms with van der Waals surface area (Å²) in [5, 5.41) is 17.7. The van der Waals surface area contributed by atoms with Crippen molar-refractivity contribution in [1.82, 2.24) is 0 Å². The second-order valence-electron chi connectivity index (χ2n) is 6.15. The molecule has 1 saturated carbocycles. The molecule has 0 aromatic carbocycles. The summed E-state index contributed by atoms with van der Waals surface area (Å²) < 4.78 is 0. The van der Waals surface area contributed by atoms with Crippen molar-refractivity contribution in [3.8, 4) is 0 Å². The van der Waals surface area contributed by atoms with Crippen molar-refractivity contribution in [2.45, 2.75) is 64.2 Å². The van der Waals surface area contributed by atoms with Crippen molar-refractivity contribution >= 4 is 17.5 Å². The summed E-state index contributed by atoms with van der Waals surface area (Å²) in [6, 6.07) is 0. The van der Waals surface area contributed by atoms with Crippen molar-refractivity contribution in [2.24, 2.45) is 11.8 Å². The molecule has 0 saturated heterocycles. The number of aliphatic hydroxyl groups excluding tert-OH is 1. The van der Waals surface area contributed by atoms with Crippen molar-refractivity contribution in [1.29, 1.82) is 0 Å². The van der Waals surface area contributed by atoms with Gasteiger partial charge in [0.05, 0.1) is 5.76 Å². The van der Waals surface area contributed by atoms with Gasteiger partial charge in [0.15, 0.2) is 0 Å². The van der Waals surface area contributed by atoms with E-state index in [1.807, 2.05) is 0 Å². The summed E-state index contributed by atoms with van der Waals surface area (Å²) in [4.78, 5) is 34.1. The molecule has 2 N–H and O–H groups in total. The molecule has 0 bridgehead atoms. The number of hydrogen-bond donors (Lipinski definition) is 2. The third kappa shape index (κ3) is 6.87. The van der Waals surface area contributed by atoms with E-state index in [9.17, 15) is 14.4 Å². The predicted octanol–water partition coefficient (Wildman–Crippen LogP) is 3.43. The normalized spacial score (nSPS) is 21.0. The third-order valence-corrected chi connectivity index (χ3v) is 4.38. The number of unbranched alkanes of at least 4 members (excludes halogenated alkanes) is 1. The smallest absolute Gasteiger partial charge is 0.303 e. The monoisotopic (exact) mass is 310 g/mol. The van der Waals surface area contributed by atoms with Crippen LogP contribution in [0.4, 0.5) is 0 Å². The lowest BCUT2D eigenvalue weighted by molar-refractivity contribution is -0.137. The fourth-order valence-corrected chi connectivity index (χ4v) is 3.11. The van der Waals surface area contributed by atoms with Crippen molar-refractivity contribution in [3.05, 3.63) is 12.3 Å². The molecule has 1 fully saturated rings. The zero-order valence-corrected chi connectivity index (χ0v) is 13.1. The molecule has 22 heavy (non-hydrogen) atoms. The number of rotatable bonds is 11. The van der Waals surface area contributed by atoms with Crippen LogP contribution in [-0.4, -0.2) is 27.7 Å². The largest absolute Gasteiger partial charge is 0.513 e. The summed E-state index contributed by atoms with van der Waals surface area (Å²) >= 11 is 0. The van der Waals surface area contributed by atoms with E-state index >= 15 is 0 Å². The topological polar surface area (TPSA) is 91.7 Å². The van der Waals surface area contributed by atoms with Gasteiger partial charge in [-0.2, -0.15) is 0 Å². The van der Waals surface area contributed by atoms with Crippen LogP contribution in [0.3, 0.4) is 0 Å². The predicted molar refractivity (Wildman–Crippen MR) is 82.6 cm³/mol. The summed E-state index contributed by atoms with van der Waals surface area (Å²) in [5.41, 5.74) is 0. The first kappa shape index (κ1) is 18.4. The second kappa shape index (κ2) is 9.38. The Morgan fingerprint density at radius 3 is 2.36 bits per heavy atom. The number of carbonyl (C=O) groups is 3. The zero-order chi connectivity index (χ0) is 16.5. The van der Waals surface area contributed by atoms with E-state index in [0.29, 0.717) is 44.9 Å². The van der Waals surface area contributed by atoms with E-state index in [1.54, 1.807) is 0 Å². The minimum atomic E-state index is -0.836. The van der Waals surface area contributed by atoms with Crippen LogP contribution in [0.25, 0.3) is 0 Å².